The minimum absolute atomic E-state index is 0.256. The molecule has 33 heavy (non-hydrogen) atoms. The third-order valence-electron chi connectivity index (χ3n) is 7.00. The number of hydrogen-bond acceptors (Lipinski definition) is 3. The van der Waals surface area contributed by atoms with Gasteiger partial charge in [-0.05, 0) is 49.6 Å². The molecule has 0 atom stereocenters. The fraction of sp³-hybridized carbons (Fsp3) is 0.286. The summed E-state index contributed by atoms with van der Waals surface area (Å²) in [6, 6.07) is 7.88. The number of benzene rings is 1. The van der Waals surface area contributed by atoms with Crippen molar-refractivity contribution in [2.75, 3.05) is 0 Å². The zero-order valence-corrected chi connectivity index (χ0v) is 19.1. The highest BCUT2D eigenvalue weighted by molar-refractivity contribution is 6.40. The van der Waals surface area contributed by atoms with E-state index in [9.17, 15) is 0 Å². The van der Waals surface area contributed by atoms with Crippen molar-refractivity contribution in [2.24, 2.45) is 5.92 Å². The molecule has 1 saturated carbocycles. The zero-order valence-electron chi connectivity index (χ0n) is 19.1. The van der Waals surface area contributed by atoms with Crippen molar-refractivity contribution in [1.82, 2.24) is 9.97 Å². The van der Waals surface area contributed by atoms with E-state index in [-0.39, 0.29) is 5.92 Å². The lowest BCUT2D eigenvalue weighted by Crippen LogP contribution is -2.35. The van der Waals surface area contributed by atoms with E-state index < -0.39 is 5.21 Å². The van der Waals surface area contributed by atoms with Crippen LogP contribution in [0.3, 0.4) is 0 Å². The van der Waals surface area contributed by atoms with E-state index in [1.807, 2.05) is 50.3 Å². The Balaban J connectivity index is 1.83. The molecule has 0 spiro atoms. The van der Waals surface area contributed by atoms with Gasteiger partial charge in [-0.2, -0.15) is 0 Å². The molecule has 0 saturated heterocycles. The molecule has 158 valence electrons. The van der Waals surface area contributed by atoms with E-state index in [1.165, 1.54) is 12.8 Å². The van der Waals surface area contributed by atoms with Gasteiger partial charge >= 0.3 is 0 Å². The number of terminal acetylenes is 1. The number of allylic oxidation sites excluding steroid dienone is 1. The van der Waals surface area contributed by atoms with Crippen LogP contribution in [0.4, 0.5) is 0 Å². The molecule has 4 radical (unpaired) electrons. The first-order valence-electron chi connectivity index (χ1n) is 11.4. The average molecular weight is 426 g/mol. The number of rotatable bonds is 4. The van der Waals surface area contributed by atoms with Gasteiger partial charge < -0.3 is 4.42 Å². The largest absolute Gasteiger partial charge is 0.437 e. The summed E-state index contributed by atoms with van der Waals surface area (Å²) < 4.78 is 6.24. The third-order valence-corrected chi connectivity index (χ3v) is 7.00. The van der Waals surface area contributed by atoms with Gasteiger partial charge in [0, 0.05) is 39.9 Å². The molecule has 3 aromatic heterocycles. The minimum atomic E-state index is -0.902. The monoisotopic (exact) mass is 426 g/mol. The summed E-state index contributed by atoms with van der Waals surface area (Å²) >= 11 is 0. The molecule has 0 amide bonds. The van der Waals surface area contributed by atoms with Crippen molar-refractivity contribution < 1.29 is 4.42 Å². The topological polar surface area (TPSA) is 38.9 Å². The van der Waals surface area contributed by atoms with Crippen LogP contribution < -0.4 is 0 Å². The summed E-state index contributed by atoms with van der Waals surface area (Å²) in [6.07, 6.45) is 17.9. The Bertz CT molecular complexity index is 1440. The zero-order chi connectivity index (χ0) is 23.2. The summed E-state index contributed by atoms with van der Waals surface area (Å²) in [5, 5.41) is 0.976. The highest BCUT2D eigenvalue weighted by Gasteiger charge is 2.33. The predicted molar refractivity (Wildman–Crippen MR) is 137 cm³/mol. The number of fused-ring (bicyclic) bond motifs is 3. The molecule has 0 aliphatic heterocycles. The van der Waals surface area contributed by atoms with Crippen LogP contribution >= 0.6 is 0 Å². The number of furan rings is 1. The first kappa shape index (κ1) is 21.6. The molecule has 5 heteroatoms. The molecule has 5 rings (SSSR count). The van der Waals surface area contributed by atoms with Gasteiger partial charge in [0.15, 0.2) is 0 Å². The normalized spacial score (nSPS) is 15.1. The number of hydrogen-bond donors (Lipinski definition) is 0. The SMILES string of the molecule is [B]C([B])(c1ccnc(-c2c(C)c(C#C)c(/C=C\C)c3oc4ncccc4c23)c1)C1CCCC1. The van der Waals surface area contributed by atoms with Crippen molar-refractivity contribution in [1.29, 1.82) is 0 Å². The van der Waals surface area contributed by atoms with E-state index in [0.717, 1.165) is 57.1 Å². The molecular formula is C28H24B2N2O. The van der Waals surface area contributed by atoms with Gasteiger partial charge in [0.25, 0.3) is 0 Å². The standard InChI is InChI=1S/C28H24B2N2O/c1-4-9-21-20(5-2)17(3)24(25-22-12-8-14-32-27(22)33-26(21)25)23-16-19(13-15-31-23)28(29,30)18-10-6-7-11-18/h2,4,8-9,12-16,18H,6-7,10-11H2,1,3H3/b9-4-. The maximum absolute atomic E-state index is 6.71. The molecule has 1 aliphatic carbocycles. The Morgan fingerprint density at radius 2 is 1.97 bits per heavy atom. The molecule has 0 N–H and O–H groups in total. The lowest BCUT2D eigenvalue weighted by molar-refractivity contribution is 0.486. The number of aromatic nitrogens is 2. The maximum Gasteiger partial charge on any atom is 0.227 e. The van der Waals surface area contributed by atoms with E-state index in [2.05, 4.69) is 10.9 Å². The van der Waals surface area contributed by atoms with Crippen molar-refractivity contribution in [2.45, 2.75) is 44.7 Å². The highest BCUT2D eigenvalue weighted by atomic mass is 16.3. The molecule has 1 fully saturated rings. The fourth-order valence-electron chi connectivity index (χ4n) is 5.31. The van der Waals surface area contributed by atoms with Gasteiger partial charge in [-0.3, -0.25) is 4.98 Å². The van der Waals surface area contributed by atoms with Gasteiger partial charge in [0.1, 0.15) is 5.58 Å². The third kappa shape index (κ3) is 3.40. The lowest BCUT2D eigenvalue weighted by atomic mass is 9.45. The van der Waals surface area contributed by atoms with Gasteiger partial charge in [0.05, 0.1) is 21.4 Å². The predicted octanol–water partition coefficient (Wildman–Crippen LogP) is 6.05. The van der Waals surface area contributed by atoms with Gasteiger partial charge in [-0.1, -0.05) is 54.5 Å². The second kappa shape index (κ2) is 8.27. The van der Waals surface area contributed by atoms with E-state index in [4.69, 9.17) is 31.5 Å². The van der Waals surface area contributed by atoms with E-state index >= 15 is 0 Å². The van der Waals surface area contributed by atoms with Gasteiger partial charge in [-0.15, -0.1) is 6.42 Å². The van der Waals surface area contributed by atoms with Crippen molar-refractivity contribution in [3.05, 3.63) is 65.0 Å². The Hall–Kier alpha value is -3.25. The van der Waals surface area contributed by atoms with Crippen molar-refractivity contribution in [3.63, 3.8) is 0 Å². The first-order valence-corrected chi connectivity index (χ1v) is 11.4. The van der Waals surface area contributed by atoms with E-state index in [0.29, 0.717) is 11.3 Å². The van der Waals surface area contributed by atoms with Crippen LogP contribution in [0.1, 0.15) is 54.9 Å². The molecule has 0 bridgehead atoms. The summed E-state index contributed by atoms with van der Waals surface area (Å²) in [4.78, 5) is 9.18. The van der Waals surface area contributed by atoms with Crippen LogP contribution in [0.15, 0.2) is 47.2 Å². The first-order chi connectivity index (χ1) is 16.0. The maximum atomic E-state index is 6.71. The van der Waals surface area contributed by atoms with Gasteiger partial charge in [-0.25, -0.2) is 4.98 Å². The Morgan fingerprint density at radius 3 is 2.70 bits per heavy atom. The van der Waals surface area contributed by atoms with Crippen LogP contribution in [0.25, 0.3) is 39.4 Å². The quantitative estimate of drug-likeness (QED) is 0.295. The van der Waals surface area contributed by atoms with Crippen molar-refractivity contribution in [3.8, 4) is 23.6 Å². The van der Waals surface area contributed by atoms with Crippen LogP contribution in [0, 0.1) is 25.2 Å². The van der Waals surface area contributed by atoms with E-state index in [1.54, 1.807) is 12.4 Å². The van der Waals surface area contributed by atoms with Crippen LogP contribution in [-0.4, -0.2) is 25.7 Å². The van der Waals surface area contributed by atoms with Crippen LogP contribution in [0.2, 0.25) is 0 Å². The number of pyridine rings is 2. The second-order valence-corrected chi connectivity index (χ2v) is 8.94. The van der Waals surface area contributed by atoms with Crippen molar-refractivity contribution >= 4 is 43.8 Å². The van der Waals surface area contributed by atoms with Gasteiger partial charge in [0.2, 0.25) is 5.71 Å². The highest BCUT2D eigenvalue weighted by Crippen LogP contribution is 2.43. The summed E-state index contributed by atoms with van der Waals surface area (Å²) in [5.74, 6) is 3.13. The Morgan fingerprint density at radius 1 is 1.18 bits per heavy atom. The summed E-state index contributed by atoms with van der Waals surface area (Å²) in [6.45, 7) is 4.00. The summed E-state index contributed by atoms with van der Waals surface area (Å²) in [5.41, 5.74) is 6.51. The second-order valence-electron chi connectivity index (χ2n) is 8.94. The molecule has 3 heterocycles. The molecule has 0 unspecified atom stereocenters. The molecular weight excluding hydrogens is 402 g/mol. The average Bonchev–Trinajstić information content (AvgIpc) is 3.49. The number of nitrogens with zero attached hydrogens (tertiary/aromatic N) is 2. The smallest absolute Gasteiger partial charge is 0.227 e. The molecule has 4 aromatic rings. The van der Waals surface area contributed by atoms with Crippen LogP contribution in [-0.2, 0) is 5.21 Å². The molecule has 1 aromatic carbocycles. The molecule has 3 nitrogen and oxygen atoms in total. The Labute approximate surface area is 197 Å². The lowest BCUT2D eigenvalue weighted by Gasteiger charge is -2.33. The Kier molecular flexibility index (Phi) is 5.41. The van der Waals surface area contributed by atoms with Crippen LogP contribution in [0.5, 0.6) is 0 Å². The summed E-state index contributed by atoms with van der Waals surface area (Å²) in [7, 11) is 13.4. The minimum Gasteiger partial charge on any atom is -0.437 e. The fourth-order valence-corrected chi connectivity index (χ4v) is 5.31. The molecule has 1 aliphatic rings.